The lowest BCUT2D eigenvalue weighted by Gasteiger charge is -2.35. The van der Waals surface area contributed by atoms with Crippen molar-refractivity contribution in [1.82, 2.24) is 25.3 Å². The van der Waals surface area contributed by atoms with Gasteiger partial charge in [0.25, 0.3) is 0 Å². The Morgan fingerprint density at radius 3 is 2.49 bits per heavy atom. The first kappa shape index (κ1) is 25.6. The normalized spacial score (nSPS) is 18.4. The van der Waals surface area contributed by atoms with Crippen LogP contribution in [0.1, 0.15) is 48.5 Å². The van der Waals surface area contributed by atoms with Crippen LogP contribution in [0.2, 0.25) is 0 Å². The fourth-order valence-corrected chi connectivity index (χ4v) is 5.30. The van der Waals surface area contributed by atoms with Gasteiger partial charge in [0.05, 0.1) is 17.5 Å². The van der Waals surface area contributed by atoms with Gasteiger partial charge in [0.1, 0.15) is 11.6 Å². The standard InChI is InChI=1S/C26H30F4N6O/c27-21-5-3-4-19(16-21)25(8-1-2-9-25)24-33-23(37-34-24)18-31-10-11-35-12-14-36(15-13-35)22-7-6-20(17-32-22)26(28,29)30/h3-7,16-17,31H,1-2,8-15,18H2. The lowest BCUT2D eigenvalue weighted by Crippen LogP contribution is -2.48. The molecule has 7 nitrogen and oxygen atoms in total. The zero-order valence-corrected chi connectivity index (χ0v) is 20.5. The van der Waals surface area contributed by atoms with Crippen molar-refractivity contribution in [3.05, 3.63) is 71.3 Å². The number of benzene rings is 1. The van der Waals surface area contributed by atoms with Gasteiger partial charge in [-0.3, -0.25) is 4.90 Å². The van der Waals surface area contributed by atoms with Crippen molar-refractivity contribution in [2.45, 2.75) is 43.8 Å². The fourth-order valence-electron chi connectivity index (χ4n) is 5.30. The minimum absolute atomic E-state index is 0.259. The van der Waals surface area contributed by atoms with E-state index in [4.69, 9.17) is 4.52 Å². The number of nitrogens with zero attached hydrogens (tertiary/aromatic N) is 5. The van der Waals surface area contributed by atoms with Crippen LogP contribution in [0.15, 0.2) is 47.1 Å². The number of piperazine rings is 1. The van der Waals surface area contributed by atoms with Crippen molar-refractivity contribution in [1.29, 1.82) is 0 Å². The van der Waals surface area contributed by atoms with E-state index in [0.29, 0.717) is 37.2 Å². The van der Waals surface area contributed by atoms with Gasteiger partial charge in [-0.05, 0) is 42.7 Å². The summed E-state index contributed by atoms with van der Waals surface area (Å²) in [7, 11) is 0. The fraction of sp³-hybridized carbons (Fsp3) is 0.500. The molecule has 0 atom stereocenters. The number of nitrogens with one attached hydrogen (secondary N) is 1. The quantitative estimate of drug-likeness (QED) is 0.350. The first-order valence-electron chi connectivity index (χ1n) is 12.6. The Morgan fingerprint density at radius 2 is 1.81 bits per heavy atom. The molecule has 1 aliphatic carbocycles. The van der Waals surface area contributed by atoms with Gasteiger partial charge in [0, 0.05) is 45.5 Å². The second-order valence-corrected chi connectivity index (χ2v) is 9.72. The van der Waals surface area contributed by atoms with Gasteiger partial charge >= 0.3 is 6.18 Å². The van der Waals surface area contributed by atoms with Gasteiger partial charge < -0.3 is 14.7 Å². The smallest absolute Gasteiger partial charge is 0.354 e. The van der Waals surface area contributed by atoms with Gasteiger partial charge in [-0.1, -0.05) is 30.1 Å². The maximum Gasteiger partial charge on any atom is 0.417 e. The largest absolute Gasteiger partial charge is 0.417 e. The molecule has 1 aliphatic heterocycles. The third kappa shape index (κ3) is 5.77. The Kier molecular flexibility index (Phi) is 7.43. The zero-order valence-electron chi connectivity index (χ0n) is 20.5. The monoisotopic (exact) mass is 518 g/mol. The van der Waals surface area contributed by atoms with Crippen LogP contribution in [0.4, 0.5) is 23.4 Å². The lowest BCUT2D eigenvalue weighted by atomic mass is 9.78. The lowest BCUT2D eigenvalue weighted by molar-refractivity contribution is -0.137. The second kappa shape index (κ2) is 10.7. The van der Waals surface area contributed by atoms with E-state index in [-0.39, 0.29) is 5.82 Å². The number of hydrogen-bond donors (Lipinski definition) is 1. The molecule has 198 valence electrons. The number of rotatable bonds is 8. The van der Waals surface area contributed by atoms with Crippen LogP contribution in [0.3, 0.4) is 0 Å². The van der Waals surface area contributed by atoms with Crippen molar-refractivity contribution >= 4 is 5.82 Å². The maximum absolute atomic E-state index is 13.9. The van der Waals surface area contributed by atoms with Crippen LogP contribution >= 0.6 is 0 Å². The Morgan fingerprint density at radius 1 is 1.03 bits per heavy atom. The Balaban J connectivity index is 1.08. The summed E-state index contributed by atoms with van der Waals surface area (Å²) in [6.07, 6.45) is 0.343. The molecule has 37 heavy (non-hydrogen) atoms. The molecule has 0 spiro atoms. The predicted octanol–water partition coefficient (Wildman–Crippen LogP) is 4.39. The van der Waals surface area contributed by atoms with Crippen molar-refractivity contribution in [3.8, 4) is 0 Å². The summed E-state index contributed by atoms with van der Waals surface area (Å²) in [4.78, 5) is 13.0. The molecule has 3 aromatic rings. The maximum atomic E-state index is 13.9. The van der Waals surface area contributed by atoms with Crippen molar-refractivity contribution < 1.29 is 22.1 Å². The first-order valence-corrected chi connectivity index (χ1v) is 12.6. The molecule has 5 rings (SSSR count). The van der Waals surface area contributed by atoms with E-state index in [0.717, 1.165) is 69.7 Å². The van der Waals surface area contributed by atoms with Crippen LogP contribution < -0.4 is 10.2 Å². The number of alkyl halides is 3. The van der Waals surface area contributed by atoms with Crippen LogP contribution in [-0.2, 0) is 18.1 Å². The zero-order chi connectivity index (χ0) is 25.9. The van der Waals surface area contributed by atoms with E-state index >= 15 is 0 Å². The summed E-state index contributed by atoms with van der Waals surface area (Å²) in [5, 5.41) is 7.62. The summed E-state index contributed by atoms with van der Waals surface area (Å²) in [6.45, 7) is 4.99. The van der Waals surface area contributed by atoms with Gasteiger partial charge in [-0.2, -0.15) is 18.2 Å². The highest BCUT2D eigenvalue weighted by atomic mass is 19.4. The molecule has 2 aliphatic rings. The molecular weight excluding hydrogens is 488 g/mol. The third-order valence-corrected chi connectivity index (χ3v) is 7.38. The Hall–Kier alpha value is -3.05. The number of anilines is 1. The predicted molar refractivity (Wildman–Crippen MR) is 130 cm³/mol. The summed E-state index contributed by atoms with van der Waals surface area (Å²) in [5.74, 6) is 1.44. The topological polar surface area (TPSA) is 70.3 Å². The molecule has 1 saturated heterocycles. The van der Waals surface area contributed by atoms with E-state index in [1.807, 2.05) is 11.0 Å². The Labute approximate surface area is 212 Å². The molecule has 1 N–H and O–H groups in total. The average Bonchev–Trinajstić information content (AvgIpc) is 3.58. The van der Waals surface area contributed by atoms with E-state index in [2.05, 4.69) is 25.3 Å². The number of halogens is 4. The number of aromatic nitrogens is 3. The SMILES string of the molecule is Fc1cccc(C2(c3noc(CNCCN4CCN(c5ccc(C(F)(F)F)cn5)CC4)n3)CCCC2)c1. The molecule has 2 fully saturated rings. The minimum Gasteiger partial charge on any atom is -0.354 e. The molecule has 2 aromatic heterocycles. The third-order valence-electron chi connectivity index (χ3n) is 7.38. The highest BCUT2D eigenvalue weighted by Gasteiger charge is 2.41. The first-order chi connectivity index (χ1) is 17.8. The highest BCUT2D eigenvalue weighted by Crippen LogP contribution is 2.45. The number of hydrogen-bond acceptors (Lipinski definition) is 7. The average molecular weight is 519 g/mol. The molecule has 1 saturated carbocycles. The van der Waals surface area contributed by atoms with Crippen molar-refractivity contribution in [3.63, 3.8) is 0 Å². The molecule has 0 unspecified atom stereocenters. The molecule has 3 heterocycles. The van der Waals surface area contributed by atoms with Gasteiger partial charge in [-0.25, -0.2) is 9.37 Å². The van der Waals surface area contributed by atoms with E-state index < -0.39 is 17.2 Å². The molecule has 11 heteroatoms. The summed E-state index contributed by atoms with van der Waals surface area (Å²) < 4.78 is 57.7. The molecule has 0 amide bonds. The summed E-state index contributed by atoms with van der Waals surface area (Å²) in [6, 6.07) is 9.20. The minimum atomic E-state index is -4.38. The van der Waals surface area contributed by atoms with Gasteiger partial charge in [-0.15, -0.1) is 0 Å². The summed E-state index contributed by atoms with van der Waals surface area (Å²) in [5.41, 5.74) is -0.233. The van der Waals surface area contributed by atoms with Crippen molar-refractivity contribution in [2.75, 3.05) is 44.2 Å². The second-order valence-electron chi connectivity index (χ2n) is 9.72. The van der Waals surface area contributed by atoms with Crippen LogP contribution in [0.25, 0.3) is 0 Å². The van der Waals surface area contributed by atoms with Crippen LogP contribution in [0, 0.1) is 5.82 Å². The van der Waals surface area contributed by atoms with E-state index in [1.54, 1.807) is 12.1 Å². The van der Waals surface area contributed by atoms with Crippen molar-refractivity contribution in [2.24, 2.45) is 0 Å². The molecule has 1 aromatic carbocycles. The molecule has 0 radical (unpaired) electrons. The van der Waals surface area contributed by atoms with Gasteiger partial charge in [0.15, 0.2) is 5.82 Å². The van der Waals surface area contributed by atoms with Gasteiger partial charge in [0.2, 0.25) is 5.89 Å². The van der Waals surface area contributed by atoms with E-state index in [9.17, 15) is 17.6 Å². The Bertz CT molecular complexity index is 1170. The van der Waals surface area contributed by atoms with Crippen LogP contribution in [0.5, 0.6) is 0 Å². The molecule has 0 bridgehead atoms. The summed E-state index contributed by atoms with van der Waals surface area (Å²) >= 11 is 0. The number of pyridine rings is 1. The van der Waals surface area contributed by atoms with E-state index in [1.165, 1.54) is 12.1 Å². The molecular formula is C26H30F4N6O. The highest BCUT2D eigenvalue weighted by molar-refractivity contribution is 5.40. The van der Waals surface area contributed by atoms with Crippen LogP contribution in [-0.4, -0.2) is 59.3 Å².